The van der Waals surface area contributed by atoms with Gasteiger partial charge in [0.25, 0.3) is 0 Å². The summed E-state index contributed by atoms with van der Waals surface area (Å²) in [6, 6.07) is 17.2. The van der Waals surface area contributed by atoms with Gasteiger partial charge in [-0.15, -0.1) is 0 Å². The quantitative estimate of drug-likeness (QED) is 0.135. The van der Waals surface area contributed by atoms with Crippen LogP contribution in [0.4, 0.5) is 0 Å². The maximum atomic E-state index is 12.7. The van der Waals surface area contributed by atoms with Crippen molar-refractivity contribution in [3.63, 3.8) is 0 Å². The number of benzene rings is 2. The molecule has 2 fully saturated rings. The third kappa shape index (κ3) is 8.81. The summed E-state index contributed by atoms with van der Waals surface area (Å²) in [5.41, 5.74) is 7.68. The highest BCUT2D eigenvalue weighted by Gasteiger charge is 2.45. The molecule has 2 aliphatic carbocycles. The number of aromatic nitrogens is 1. The number of likely N-dealkylation sites (N-methyl/N-ethyl adjacent to an activating group) is 1. The first-order valence-electron chi connectivity index (χ1n) is 17.4. The standard InChI is InChI=1S/C39H52N2O7/c1-25(7-6-10-36(45)41(3)23-33(43)37(46)38(47)34(44)24-42)27-12-11-26(2)28(21-27)15-17-39(18-19-39)32-22-40-20-16-30(32)31-8-4-5-9-35(31)48-29-13-14-29/h4-5,8-9,11-12,16,20-22,25,29,33-34,37-38,42-44,46-47H,6-7,10,13-15,17-19,23-24H2,1-3H3/t25-,33+,34-,37-,38-/m1/s1. The number of hydrogen-bond donors (Lipinski definition) is 5. The molecule has 0 radical (unpaired) electrons. The largest absolute Gasteiger partial charge is 0.490 e. The van der Waals surface area contributed by atoms with Crippen LogP contribution in [0.25, 0.3) is 11.1 Å². The van der Waals surface area contributed by atoms with Gasteiger partial charge in [0, 0.05) is 38.0 Å². The topological polar surface area (TPSA) is 144 Å². The molecule has 5 N–H and O–H groups in total. The van der Waals surface area contributed by atoms with Gasteiger partial charge < -0.3 is 35.2 Å². The van der Waals surface area contributed by atoms with E-state index >= 15 is 0 Å². The maximum Gasteiger partial charge on any atom is 0.222 e. The van der Waals surface area contributed by atoms with Crippen molar-refractivity contribution in [1.29, 1.82) is 0 Å². The van der Waals surface area contributed by atoms with E-state index in [1.807, 2.05) is 12.3 Å². The Morgan fingerprint density at radius 2 is 1.75 bits per heavy atom. The van der Waals surface area contributed by atoms with Crippen molar-refractivity contribution >= 4 is 5.91 Å². The van der Waals surface area contributed by atoms with Gasteiger partial charge in [-0.25, -0.2) is 0 Å². The lowest BCUT2D eigenvalue weighted by Gasteiger charge is -2.28. The summed E-state index contributed by atoms with van der Waals surface area (Å²) in [7, 11) is 1.53. The number of nitrogens with zero attached hydrogens (tertiary/aromatic N) is 2. The second kappa shape index (κ2) is 15.9. The van der Waals surface area contributed by atoms with E-state index in [-0.39, 0.29) is 30.2 Å². The Hall–Kier alpha value is -3.34. The molecule has 0 aliphatic heterocycles. The maximum absolute atomic E-state index is 12.7. The van der Waals surface area contributed by atoms with Crippen molar-refractivity contribution in [1.82, 2.24) is 9.88 Å². The molecule has 1 amide bonds. The molecule has 48 heavy (non-hydrogen) atoms. The molecule has 1 heterocycles. The normalized spacial score (nSPS) is 18.4. The minimum Gasteiger partial charge on any atom is -0.490 e. The third-order valence-electron chi connectivity index (χ3n) is 10.3. The first-order chi connectivity index (χ1) is 23.0. The van der Waals surface area contributed by atoms with E-state index in [1.165, 1.54) is 39.8 Å². The highest BCUT2D eigenvalue weighted by molar-refractivity contribution is 5.76. The molecule has 2 aromatic carbocycles. The molecule has 5 atom stereocenters. The molecule has 2 saturated carbocycles. The molecular weight excluding hydrogens is 608 g/mol. The molecule has 0 bridgehead atoms. The molecule has 1 aromatic heterocycles. The van der Waals surface area contributed by atoms with Crippen LogP contribution in [0.2, 0.25) is 0 Å². The lowest BCUT2D eigenvalue weighted by molar-refractivity contribution is -0.138. The van der Waals surface area contributed by atoms with Gasteiger partial charge >= 0.3 is 0 Å². The molecule has 9 heteroatoms. The van der Waals surface area contributed by atoms with Crippen LogP contribution in [-0.4, -0.2) is 92.0 Å². The number of aryl methyl sites for hydroxylation is 2. The van der Waals surface area contributed by atoms with E-state index in [0.717, 1.165) is 56.3 Å². The van der Waals surface area contributed by atoms with Gasteiger partial charge in [0.05, 0.1) is 12.7 Å². The second-order valence-electron chi connectivity index (χ2n) is 14.1. The Bertz CT molecular complexity index is 1520. The monoisotopic (exact) mass is 660 g/mol. The van der Waals surface area contributed by atoms with Crippen LogP contribution in [0.3, 0.4) is 0 Å². The van der Waals surface area contributed by atoms with Gasteiger partial charge in [-0.2, -0.15) is 0 Å². The fraction of sp³-hybridized carbons (Fsp3) is 0.538. The van der Waals surface area contributed by atoms with Crippen molar-refractivity contribution in [3.05, 3.63) is 83.2 Å². The van der Waals surface area contributed by atoms with Crippen LogP contribution in [0.1, 0.15) is 86.5 Å². The molecule has 5 rings (SSSR count). The Labute approximate surface area is 284 Å². The molecule has 0 saturated heterocycles. The summed E-state index contributed by atoms with van der Waals surface area (Å²) in [6.45, 7) is 3.41. The lowest BCUT2D eigenvalue weighted by atomic mass is 9.84. The first-order valence-corrected chi connectivity index (χ1v) is 17.4. The van der Waals surface area contributed by atoms with E-state index in [0.29, 0.717) is 12.5 Å². The molecule has 0 spiro atoms. The zero-order valence-electron chi connectivity index (χ0n) is 28.5. The van der Waals surface area contributed by atoms with E-state index in [2.05, 4.69) is 67.5 Å². The van der Waals surface area contributed by atoms with Crippen molar-refractivity contribution in [2.24, 2.45) is 0 Å². The summed E-state index contributed by atoms with van der Waals surface area (Å²) in [4.78, 5) is 18.6. The number of aliphatic hydroxyl groups excluding tert-OH is 5. The van der Waals surface area contributed by atoms with Crippen molar-refractivity contribution in [2.45, 2.75) is 113 Å². The van der Waals surface area contributed by atoms with E-state index < -0.39 is 31.0 Å². The minimum absolute atomic E-state index is 0.108. The van der Waals surface area contributed by atoms with Gasteiger partial charge in [-0.1, -0.05) is 43.3 Å². The molecule has 3 aromatic rings. The number of amides is 1. The number of hydrogen-bond acceptors (Lipinski definition) is 8. The van der Waals surface area contributed by atoms with Gasteiger partial charge in [0.1, 0.15) is 30.2 Å². The number of carbonyl (C=O) groups excluding carboxylic acids is 1. The third-order valence-corrected chi connectivity index (χ3v) is 10.3. The molecule has 0 unspecified atom stereocenters. The van der Waals surface area contributed by atoms with Crippen LogP contribution in [-0.2, 0) is 16.6 Å². The van der Waals surface area contributed by atoms with E-state index in [9.17, 15) is 25.2 Å². The average Bonchev–Trinajstić information content (AvgIpc) is 4.04. The number of ether oxygens (including phenoxy) is 1. The Kier molecular flexibility index (Phi) is 11.9. The van der Waals surface area contributed by atoms with Crippen molar-refractivity contribution < 1.29 is 35.1 Å². The van der Waals surface area contributed by atoms with Gasteiger partial charge in [-0.3, -0.25) is 9.78 Å². The number of carbonyl (C=O) groups is 1. The highest BCUT2D eigenvalue weighted by Crippen LogP contribution is 2.55. The van der Waals surface area contributed by atoms with Crippen molar-refractivity contribution in [2.75, 3.05) is 20.2 Å². The zero-order valence-corrected chi connectivity index (χ0v) is 28.5. The smallest absolute Gasteiger partial charge is 0.222 e. The Balaban J connectivity index is 1.16. The summed E-state index contributed by atoms with van der Waals surface area (Å²) in [6.07, 6.45) is 6.17. The van der Waals surface area contributed by atoms with E-state index in [1.54, 1.807) is 0 Å². The number of aliphatic hydroxyl groups is 5. The summed E-state index contributed by atoms with van der Waals surface area (Å²) < 4.78 is 6.29. The number of pyridine rings is 1. The van der Waals surface area contributed by atoms with Crippen LogP contribution in [0.5, 0.6) is 5.75 Å². The summed E-state index contributed by atoms with van der Waals surface area (Å²) >= 11 is 0. The fourth-order valence-electron chi connectivity index (χ4n) is 6.63. The zero-order chi connectivity index (χ0) is 34.4. The lowest BCUT2D eigenvalue weighted by Crippen LogP contribution is -2.49. The minimum atomic E-state index is -1.72. The SMILES string of the molecule is Cc1ccc([C@H](C)CCCC(=O)N(C)C[C@H](O)[C@@H](O)[C@H](O)[C@H](O)CO)cc1CCC1(c2cnccc2-c2ccccc2OC2CC2)CC1. The van der Waals surface area contributed by atoms with Crippen LogP contribution >= 0.6 is 0 Å². The number of para-hydroxylation sites is 1. The van der Waals surface area contributed by atoms with Crippen LogP contribution in [0.15, 0.2) is 60.9 Å². The summed E-state index contributed by atoms with van der Waals surface area (Å²) in [5, 5.41) is 48.6. The van der Waals surface area contributed by atoms with Crippen molar-refractivity contribution in [3.8, 4) is 16.9 Å². The Morgan fingerprint density at radius 3 is 2.46 bits per heavy atom. The molecule has 9 nitrogen and oxygen atoms in total. The van der Waals surface area contributed by atoms with E-state index in [4.69, 9.17) is 9.84 Å². The fourth-order valence-corrected chi connectivity index (χ4v) is 6.63. The van der Waals surface area contributed by atoms with Gasteiger partial charge in [0.15, 0.2) is 0 Å². The van der Waals surface area contributed by atoms with Gasteiger partial charge in [0.2, 0.25) is 5.91 Å². The molecular formula is C39H52N2O7. The predicted octanol–water partition coefficient (Wildman–Crippen LogP) is 4.43. The second-order valence-corrected chi connectivity index (χ2v) is 14.1. The first kappa shape index (κ1) is 36.0. The summed E-state index contributed by atoms with van der Waals surface area (Å²) in [5.74, 6) is 1.04. The predicted molar refractivity (Wildman–Crippen MR) is 185 cm³/mol. The highest BCUT2D eigenvalue weighted by atomic mass is 16.5. The Morgan fingerprint density at radius 1 is 1.02 bits per heavy atom. The molecule has 2 aliphatic rings. The van der Waals surface area contributed by atoms with Crippen LogP contribution < -0.4 is 4.74 Å². The average molecular weight is 661 g/mol. The van der Waals surface area contributed by atoms with Gasteiger partial charge in [-0.05, 0) is 110 Å². The van der Waals surface area contributed by atoms with Crippen LogP contribution in [0, 0.1) is 6.92 Å². The number of rotatable bonds is 18. The molecule has 260 valence electrons.